The molecule has 6 aromatic rings. The van der Waals surface area contributed by atoms with Gasteiger partial charge in [0.15, 0.2) is 5.69 Å². The Kier molecular flexibility index (Phi) is 6.72. The molecule has 2 atom stereocenters. The van der Waals surface area contributed by atoms with Gasteiger partial charge in [-0.3, -0.25) is 0 Å². The predicted octanol–water partition coefficient (Wildman–Crippen LogP) is 5.66. The van der Waals surface area contributed by atoms with Crippen molar-refractivity contribution in [2.45, 2.75) is 0 Å². The number of hydrogen-bond acceptors (Lipinski definition) is 6. The van der Waals surface area contributed by atoms with E-state index in [0.29, 0.717) is 16.8 Å². The Hall–Kier alpha value is -4.46. The second-order valence-corrected chi connectivity index (χ2v) is 25.1. The average molecular weight is 735 g/mol. The van der Waals surface area contributed by atoms with E-state index in [1.165, 1.54) is 0 Å². The van der Waals surface area contributed by atoms with Gasteiger partial charge in [0.2, 0.25) is 0 Å². The highest BCUT2D eigenvalue weighted by atomic mass is 32.4. The number of nitriles is 2. The van der Waals surface area contributed by atoms with E-state index in [-0.39, 0.29) is 0 Å². The zero-order valence-corrected chi connectivity index (χ0v) is 30.6. The summed E-state index contributed by atoms with van der Waals surface area (Å²) in [5.41, 5.74) is 4.22. The van der Waals surface area contributed by atoms with Crippen LogP contribution in [-0.4, -0.2) is 0 Å². The molecule has 10 heteroatoms. The first-order valence-corrected chi connectivity index (χ1v) is 23.7. The number of nitrogens with zero attached hydrogens (tertiary/aromatic N) is 4. The van der Waals surface area contributed by atoms with E-state index >= 15 is 0 Å². The average Bonchev–Trinajstić information content (AvgIpc) is 3.17. The first-order valence-electron chi connectivity index (χ1n) is 15.3. The molecule has 0 fully saturated rings. The van der Waals surface area contributed by atoms with Crippen molar-refractivity contribution in [3.8, 4) is 12.1 Å². The molecule has 0 spiro atoms. The molecule has 4 nitrogen and oxygen atoms in total. The first-order chi connectivity index (χ1) is 23.8. The summed E-state index contributed by atoms with van der Waals surface area (Å²) in [6.45, 7) is 8.25. The molecule has 0 aromatic heterocycles. The Bertz CT molecular complexity index is 2360. The van der Waals surface area contributed by atoms with Gasteiger partial charge in [0, 0.05) is 49.9 Å². The molecule has 3 aliphatic heterocycles. The minimum absolute atomic E-state index is 0.468. The third-order valence-corrected chi connectivity index (χ3v) is 24.3. The van der Waals surface area contributed by atoms with Gasteiger partial charge in [-0.25, -0.2) is 4.85 Å². The third-order valence-electron chi connectivity index (χ3n) is 9.65. The van der Waals surface area contributed by atoms with Crippen LogP contribution in [0.4, 0.5) is 22.7 Å². The molecule has 0 N–H and O–H groups in total. The lowest BCUT2D eigenvalue weighted by Crippen LogP contribution is -2.52. The maximum atomic E-state index is 10.5. The van der Waals surface area contributed by atoms with Crippen LogP contribution >= 0.6 is 18.1 Å². The van der Waals surface area contributed by atoms with Crippen molar-refractivity contribution in [1.82, 2.24) is 0 Å². The molecular weight excluding hydrogens is 714 g/mol. The van der Waals surface area contributed by atoms with E-state index in [2.05, 4.69) is 58.3 Å². The lowest BCUT2D eigenvalue weighted by molar-refractivity contribution is 1.32. The molecule has 0 saturated carbocycles. The van der Waals surface area contributed by atoms with Gasteiger partial charge >= 0.3 is 0 Å². The van der Waals surface area contributed by atoms with E-state index in [1.54, 1.807) is 0 Å². The fourth-order valence-corrected chi connectivity index (χ4v) is 20.7. The molecule has 6 aromatic carbocycles. The fourth-order valence-electron chi connectivity index (χ4n) is 7.59. The SMILES string of the molecule is [C-]#[N+]c1cc2c3c(c1)P(=S)(c1ccccc1)c1cc(C#N)cc4c1N3c1c(cc(C#N)cc1P2(=S)c1ccccc1)P4(=S)c1ccccc1. The van der Waals surface area contributed by atoms with E-state index in [9.17, 15) is 10.5 Å². The van der Waals surface area contributed by atoms with Crippen LogP contribution in [0, 0.1) is 29.2 Å². The van der Waals surface area contributed by atoms with Crippen LogP contribution in [0.3, 0.4) is 0 Å². The summed E-state index contributed by atoms with van der Waals surface area (Å²) >= 11 is 21.0. The normalized spacial score (nSPS) is 21.9. The summed E-state index contributed by atoms with van der Waals surface area (Å²) in [5.74, 6) is 0. The van der Waals surface area contributed by atoms with Crippen molar-refractivity contribution in [1.29, 1.82) is 10.5 Å². The molecular formula is C39H21N4P3S3. The summed E-state index contributed by atoms with van der Waals surface area (Å²) in [7, 11) is 0. The molecule has 0 aliphatic carbocycles. The van der Waals surface area contributed by atoms with Crippen molar-refractivity contribution >= 4 is 124 Å². The second-order valence-electron chi connectivity index (χ2n) is 12.1. The van der Waals surface area contributed by atoms with Crippen molar-refractivity contribution in [3.63, 3.8) is 0 Å². The van der Waals surface area contributed by atoms with Crippen molar-refractivity contribution < 1.29 is 0 Å². The largest absolute Gasteiger partial charge is 0.306 e. The molecule has 0 bridgehead atoms. The number of hydrogen-bond donors (Lipinski definition) is 0. The van der Waals surface area contributed by atoms with Crippen LogP contribution in [0.5, 0.6) is 0 Å². The van der Waals surface area contributed by atoms with E-state index in [4.69, 9.17) is 42.0 Å². The van der Waals surface area contributed by atoms with Crippen molar-refractivity contribution in [2.24, 2.45) is 0 Å². The topological polar surface area (TPSA) is 55.2 Å². The fraction of sp³-hybridized carbons (Fsp3) is 0. The number of benzene rings is 6. The van der Waals surface area contributed by atoms with Crippen LogP contribution in [0.25, 0.3) is 4.85 Å². The minimum Gasteiger partial charge on any atom is -0.306 e. The molecule has 2 unspecified atom stereocenters. The van der Waals surface area contributed by atoms with Crippen LogP contribution in [0.2, 0.25) is 0 Å². The van der Waals surface area contributed by atoms with Gasteiger partial charge in [-0.05, 0) is 52.3 Å². The van der Waals surface area contributed by atoms with E-state index in [0.717, 1.165) is 64.8 Å². The highest BCUT2D eigenvalue weighted by Gasteiger charge is 2.52. The van der Waals surface area contributed by atoms with Crippen molar-refractivity contribution in [3.05, 3.63) is 150 Å². The van der Waals surface area contributed by atoms with Gasteiger partial charge in [0.05, 0.1) is 46.9 Å². The van der Waals surface area contributed by atoms with Crippen molar-refractivity contribution in [2.75, 3.05) is 4.90 Å². The number of anilines is 3. The van der Waals surface area contributed by atoms with Gasteiger partial charge in [0.25, 0.3) is 0 Å². The summed E-state index contributed by atoms with van der Waals surface area (Å²) in [6, 6.07) is 38.3. The summed E-state index contributed by atoms with van der Waals surface area (Å²) in [6.07, 6.45) is 0. The Morgan fingerprint density at radius 1 is 0.490 bits per heavy atom. The van der Waals surface area contributed by atoms with Gasteiger partial charge in [-0.1, -0.05) is 126 Å². The standard InChI is InChI=1S/C39H21N4P3S3/c1-42-27-21-35-39-36(22-27)46(49,30-15-9-4-10-16-30)34-20-26(24-41)18-32-38(34)43(39)37-31(44(32,47)28-11-5-2-6-12-28)17-25(23-40)19-33(37)45(35,48)29-13-7-3-8-14-29/h2-22H. The maximum absolute atomic E-state index is 10.5. The quantitative estimate of drug-likeness (QED) is 0.173. The van der Waals surface area contributed by atoms with Crippen LogP contribution in [-0.2, 0) is 35.4 Å². The second kappa shape index (κ2) is 10.8. The molecule has 3 aliphatic rings. The Labute approximate surface area is 299 Å². The molecule has 0 amide bonds. The third kappa shape index (κ3) is 3.86. The van der Waals surface area contributed by atoms with E-state index in [1.807, 2.05) is 91.0 Å². The molecule has 9 rings (SSSR count). The van der Waals surface area contributed by atoms with Crippen LogP contribution < -0.4 is 52.6 Å². The molecule has 0 saturated heterocycles. The van der Waals surface area contributed by atoms with E-state index < -0.39 is 18.1 Å². The predicted molar refractivity (Wildman–Crippen MR) is 216 cm³/mol. The van der Waals surface area contributed by atoms with Gasteiger partial charge in [-0.15, -0.1) is 0 Å². The lowest BCUT2D eigenvalue weighted by Gasteiger charge is -2.52. The van der Waals surface area contributed by atoms with Crippen LogP contribution in [0.1, 0.15) is 11.1 Å². The highest BCUT2D eigenvalue weighted by Crippen LogP contribution is 2.65. The van der Waals surface area contributed by atoms with Gasteiger partial charge in [0.1, 0.15) is 0 Å². The lowest BCUT2D eigenvalue weighted by atomic mass is 10.1. The summed E-state index contributed by atoms with van der Waals surface area (Å²) in [5, 5.41) is 29.3. The molecule has 3 heterocycles. The zero-order valence-electron chi connectivity index (χ0n) is 25.5. The molecule has 49 heavy (non-hydrogen) atoms. The Morgan fingerprint density at radius 3 is 1.04 bits per heavy atom. The molecule has 230 valence electrons. The Balaban J connectivity index is 1.59. The smallest absolute Gasteiger partial charge is 0.188 e. The van der Waals surface area contributed by atoms with Gasteiger partial charge < -0.3 is 4.90 Å². The monoisotopic (exact) mass is 734 g/mol. The van der Waals surface area contributed by atoms with Crippen LogP contribution in [0.15, 0.2) is 127 Å². The maximum Gasteiger partial charge on any atom is 0.188 e. The number of rotatable bonds is 3. The Morgan fingerprint density at radius 2 is 0.776 bits per heavy atom. The van der Waals surface area contributed by atoms with Gasteiger partial charge in [-0.2, -0.15) is 10.5 Å². The highest BCUT2D eigenvalue weighted by molar-refractivity contribution is 8.28. The summed E-state index contributed by atoms with van der Waals surface area (Å²) in [4.78, 5) is 6.28. The molecule has 0 radical (unpaired) electrons. The minimum atomic E-state index is -2.91. The first kappa shape index (κ1) is 30.6. The zero-order chi connectivity index (χ0) is 33.7. The summed E-state index contributed by atoms with van der Waals surface area (Å²) < 4.78 is 0.